The quantitative estimate of drug-likeness (QED) is 0.518. The van der Waals surface area contributed by atoms with E-state index in [4.69, 9.17) is 0 Å². The molecule has 0 N–H and O–H groups in total. The Kier molecular flexibility index (Phi) is 4.17. The van der Waals surface area contributed by atoms with Gasteiger partial charge in [-0.1, -0.05) is 36.4 Å². The molecule has 0 aliphatic rings. The van der Waals surface area contributed by atoms with E-state index < -0.39 is 0 Å². The molecule has 0 spiro atoms. The summed E-state index contributed by atoms with van der Waals surface area (Å²) in [5, 5.41) is 1.13. The minimum atomic E-state index is 0.841. The Morgan fingerprint density at radius 1 is 0.857 bits per heavy atom. The SMILES string of the molecule is Cc1ccc(/C=C\c2cc3ccccc3nc2Br)c(Br)n1. The van der Waals surface area contributed by atoms with E-state index in [1.165, 1.54) is 0 Å². The maximum Gasteiger partial charge on any atom is 0.114 e. The smallest absolute Gasteiger partial charge is 0.114 e. The zero-order valence-corrected chi connectivity index (χ0v) is 14.5. The number of halogens is 2. The van der Waals surface area contributed by atoms with Crippen molar-refractivity contribution < 1.29 is 0 Å². The van der Waals surface area contributed by atoms with Crippen molar-refractivity contribution in [2.45, 2.75) is 6.92 Å². The van der Waals surface area contributed by atoms with Gasteiger partial charge in [-0.3, -0.25) is 0 Å². The maximum atomic E-state index is 4.56. The normalized spacial score (nSPS) is 11.4. The first-order chi connectivity index (χ1) is 10.1. The number of rotatable bonds is 2. The van der Waals surface area contributed by atoms with Gasteiger partial charge in [-0.15, -0.1) is 0 Å². The molecule has 0 atom stereocenters. The van der Waals surface area contributed by atoms with Crippen molar-refractivity contribution in [2.75, 3.05) is 0 Å². The van der Waals surface area contributed by atoms with E-state index in [0.29, 0.717) is 0 Å². The summed E-state index contributed by atoms with van der Waals surface area (Å²) in [7, 11) is 0. The van der Waals surface area contributed by atoms with E-state index >= 15 is 0 Å². The monoisotopic (exact) mass is 402 g/mol. The number of fused-ring (bicyclic) bond motifs is 1. The van der Waals surface area contributed by atoms with Gasteiger partial charge in [0.2, 0.25) is 0 Å². The number of nitrogens with zero attached hydrogens (tertiary/aromatic N) is 2. The van der Waals surface area contributed by atoms with Gasteiger partial charge < -0.3 is 0 Å². The van der Waals surface area contributed by atoms with Crippen LogP contribution >= 0.6 is 31.9 Å². The molecule has 1 aromatic carbocycles. The fraction of sp³-hybridized carbons (Fsp3) is 0.0588. The summed E-state index contributed by atoms with van der Waals surface area (Å²) in [5.74, 6) is 0. The lowest BCUT2D eigenvalue weighted by Crippen LogP contribution is -1.86. The highest BCUT2D eigenvalue weighted by atomic mass is 79.9. The largest absolute Gasteiger partial charge is 0.246 e. The third kappa shape index (κ3) is 3.22. The van der Waals surface area contributed by atoms with E-state index in [9.17, 15) is 0 Å². The third-order valence-corrected chi connectivity index (χ3v) is 4.43. The van der Waals surface area contributed by atoms with Crippen molar-refractivity contribution >= 4 is 54.9 Å². The summed E-state index contributed by atoms with van der Waals surface area (Å²) < 4.78 is 1.69. The van der Waals surface area contributed by atoms with Crippen molar-refractivity contribution in [3.8, 4) is 0 Å². The summed E-state index contributed by atoms with van der Waals surface area (Å²) in [6.07, 6.45) is 4.08. The Hall–Kier alpha value is -1.52. The van der Waals surface area contributed by atoms with Crippen molar-refractivity contribution in [1.29, 1.82) is 0 Å². The summed E-state index contributed by atoms with van der Waals surface area (Å²) >= 11 is 7.02. The lowest BCUT2D eigenvalue weighted by atomic mass is 10.1. The first-order valence-electron chi connectivity index (χ1n) is 6.50. The number of para-hydroxylation sites is 1. The number of aromatic nitrogens is 2. The predicted molar refractivity (Wildman–Crippen MR) is 95.0 cm³/mol. The average Bonchev–Trinajstić information content (AvgIpc) is 2.46. The summed E-state index contributed by atoms with van der Waals surface area (Å²) in [5.41, 5.74) is 4.06. The highest BCUT2D eigenvalue weighted by Gasteiger charge is 2.02. The van der Waals surface area contributed by atoms with Crippen LogP contribution in [0, 0.1) is 6.92 Å². The molecule has 0 aliphatic heterocycles. The molecular formula is C17H12Br2N2. The van der Waals surface area contributed by atoms with Gasteiger partial charge in [0.15, 0.2) is 0 Å². The van der Waals surface area contributed by atoms with Crippen LogP contribution in [0.25, 0.3) is 23.1 Å². The number of hydrogen-bond acceptors (Lipinski definition) is 2. The number of hydrogen-bond donors (Lipinski definition) is 0. The summed E-state index contributed by atoms with van der Waals surface area (Å²) in [6, 6.07) is 14.3. The van der Waals surface area contributed by atoms with E-state index in [2.05, 4.69) is 54.0 Å². The van der Waals surface area contributed by atoms with Crippen LogP contribution in [0.1, 0.15) is 16.8 Å². The van der Waals surface area contributed by atoms with Gasteiger partial charge >= 0.3 is 0 Å². The van der Waals surface area contributed by atoms with Gasteiger partial charge in [-0.05, 0) is 57.0 Å². The van der Waals surface area contributed by atoms with Crippen LogP contribution in [-0.4, -0.2) is 9.97 Å². The van der Waals surface area contributed by atoms with Gasteiger partial charge in [0.25, 0.3) is 0 Å². The van der Waals surface area contributed by atoms with Crippen molar-refractivity contribution in [1.82, 2.24) is 9.97 Å². The Morgan fingerprint density at radius 2 is 1.57 bits per heavy atom. The highest BCUT2D eigenvalue weighted by molar-refractivity contribution is 9.10. The molecular weight excluding hydrogens is 392 g/mol. The first-order valence-corrected chi connectivity index (χ1v) is 8.08. The molecule has 2 nitrogen and oxygen atoms in total. The third-order valence-electron chi connectivity index (χ3n) is 3.16. The molecule has 0 radical (unpaired) electrons. The molecule has 2 aromatic heterocycles. The fourth-order valence-corrected chi connectivity index (χ4v) is 3.05. The van der Waals surface area contributed by atoms with E-state index in [0.717, 1.165) is 36.9 Å². The molecule has 4 heteroatoms. The molecule has 0 saturated carbocycles. The van der Waals surface area contributed by atoms with Crippen LogP contribution in [0.5, 0.6) is 0 Å². The second kappa shape index (κ2) is 6.08. The average molecular weight is 404 g/mol. The van der Waals surface area contributed by atoms with Crippen LogP contribution < -0.4 is 0 Å². The van der Waals surface area contributed by atoms with Gasteiger partial charge in [-0.2, -0.15) is 0 Å². The number of pyridine rings is 2. The Bertz CT molecular complexity index is 841. The van der Waals surface area contributed by atoms with E-state index in [-0.39, 0.29) is 0 Å². The van der Waals surface area contributed by atoms with Crippen LogP contribution in [0.15, 0.2) is 51.7 Å². The minimum absolute atomic E-state index is 0.841. The zero-order chi connectivity index (χ0) is 14.8. The van der Waals surface area contributed by atoms with Crippen LogP contribution in [0.4, 0.5) is 0 Å². The van der Waals surface area contributed by atoms with Gasteiger partial charge in [0.05, 0.1) is 5.52 Å². The van der Waals surface area contributed by atoms with E-state index in [1.807, 2.05) is 49.4 Å². The minimum Gasteiger partial charge on any atom is -0.246 e. The first kappa shape index (κ1) is 14.4. The van der Waals surface area contributed by atoms with Crippen molar-refractivity contribution in [3.63, 3.8) is 0 Å². The number of aryl methyl sites for hydroxylation is 1. The molecule has 0 fully saturated rings. The fourth-order valence-electron chi connectivity index (χ4n) is 2.07. The predicted octanol–water partition coefficient (Wildman–Crippen LogP) is 5.63. The van der Waals surface area contributed by atoms with E-state index in [1.54, 1.807) is 0 Å². The molecule has 104 valence electrons. The van der Waals surface area contributed by atoms with Crippen molar-refractivity contribution in [3.05, 3.63) is 68.5 Å². The van der Waals surface area contributed by atoms with Gasteiger partial charge in [0, 0.05) is 22.2 Å². The zero-order valence-electron chi connectivity index (χ0n) is 11.3. The molecule has 0 aliphatic carbocycles. The van der Waals surface area contributed by atoms with Gasteiger partial charge in [-0.25, -0.2) is 9.97 Å². The van der Waals surface area contributed by atoms with Gasteiger partial charge in [0.1, 0.15) is 9.21 Å². The molecule has 2 heterocycles. The molecule has 3 aromatic rings. The molecule has 3 rings (SSSR count). The Balaban J connectivity index is 2.00. The Labute approximate surface area is 140 Å². The summed E-state index contributed by atoms with van der Waals surface area (Å²) in [4.78, 5) is 8.96. The highest BCUT2D eigenvalue weighted by Crippen LogP contribution is 2.24. The summed E-state index contributed by atoms with van der Waals surface area (Å²) in [6.45, 7) is 1.97. The number of benzene rings is 1. The Morgan fingerprint density at radius 3 is 2.38 bits per heavy atom. The lowest BCUT2D eigenvalue weighted by molar-refractivity contribution is 1.16. The molecule has 0 unspecified atom stereocenters. The van der Waals surface area contributed by atoms with Crippen LogP contribution in [0.3, 0.4) is 0 Å². The van der Waals surface area contributed by atoms with Crippen LogP contribution in [-0.2, 0) is 0 Å². The molecule has 0 bridgehead atoms. The standard InChI is InChI=1S/C17H12Br2N2/c1-11-6-7-12(16(18)20-11)8-9-14-10-13-4-2-3-5-15(13)21-17(14)19/h2-10H,1H3/b9-8-. The molecule has 0 amide bonds. The second-order valence-corrected chi connectivity index (χ2v) is 6.23. The van der Waals surface area contributed by atoms with Crippen molar-refractivity contribution in [2.24, 2.45) is 0 Å². The molecule has 0 saturated heterocycles. The second-order valence-electron chi connectivity index (χ2n) is 4.73. The van der Waals surface area contributed by atoms with Crippen LogP contribution in [0.2, 0.25) is 0 Å². The molecule has 21 heavy (non-hydrogen) atoms. The topological polar surface area (TPSA) is 25.8 Å². The lowest BCUT2D eigenvalue weighted by Gasteiger charge is -2.03. The maximum absolute atomic E-state index is 4.56.